The van der Waals surface area contributed by atoms with Crippen LogP contribution in [0.3, 0.4) is 0 Å². The van der Waals surface area contributed by atoms with Crippen molar-refractivity contribution in [2.75, 3.05) is 0 Å². The summed E-state index contributed by atoms with van der Waals surface area (Å²) in [5.41, 5.74) is 17.4. The second-order valence-electron chi connectivity index (χ2n) is 54.0. The van der Waals surface area contributed by atoms with E-state index in [1.54, 1.807) is 43.8 Å². The van der Waals surface area contributed by atoms with Crippen LogP contribution in [0.15, 0.2) is 48.5 Å². The largest absolute Gasteiger partial charge is 0.442 e. The van der Waals surface area contributed by atoms with E-state index in [9.17, 15) is 0 Å². The molecule has 0 saturated carbocycles. The molecule has 6 rings (SSSR count). The molecule has 0 N–H and O–H groups in total. The average Bonchev–Trinajstić information content (AvgIpc) is 1.07. The zero-order valence-electron chi connectivity index (χ0n) is 84.9. The standard InChI is InChI=1S/2C45H91BO2Si8/c2*1-33-29-34(2)39(35(3)30-33)56(55(26,27)28,46-47-44(4,5)45(6,7)48-46)40-37(42(51(14,15)16)52(17,18)19)31-36(41(49(8,9)10)50(11,12)13)32-38(40)43(53(20,21)22)54(23,24)25/h2*29-32,41-43H,1-28H3/t2*56-/m10/s1. The van der Waals surface area contributed by atoms with Crippen LogP contribution < -0.4 is 20.7 Å². The van der Waals surface area contributed by atoms with Crippen molar-refractivity contribution in [3.05, 3.63) is 115 Å². The van der Waals surface area contributed by atoms with Gasteiger partial charge in [0, 0.05) is 112 Å². The number of benzene rings is 4. The van der Waals surface area contributed by atoms with E-state index in [2.05, 4.69) is 420 Å². The third-order valence-electron chi connectivity index (χ3n) is 27.3. The third-order valence-corrected chi connectivity index (χ3v) is 114. The number of rotatable bonds is 26. The van der Waals surface area contributed by atoms with Gasteiger partial charge in [-0.05, 0) is 139 Å². The van der Waals surface area contributed by atoms with Crippen molar-refractivity contribution < 1.29 is 18.6 Å². The van der Waals surface area contributed by atoms with E-state index in [1.165, 1.54) is 33.4 Å². The molecule has 0 amide bonds. The summed E-state index contributed by atoms with van der Waals surface area (Å²) >= 11 is 0. The van der Waals surface area contributed by atoms with Crippen molar-refractivity contribution in [1.29, 1.82) is 0 Å². The Kier molecular flexibility index (Phi) is 29.8. The Labute approximate surface area is 713 Å². The molecule has 2 saturated heterocycles. The summed E-state index contributed by atoms with van der Waals surface area (Å²) in [4.78, 5) is 0. The molecule has 2 aliphatic heterocycles. The molecular formula is C90H182B2O4Si16. The summed E-state index contributed by atoms with van der Waals surface area (Å²) in [6.07, 6.45) is 0. The van der Waals surface area contributed by atoms with Gasteiger partial charge in [-0.3, -0.25) is 0 Å². The molecule has 2 fully saturated rings. The molecule has 4 aromatic carbocycles. The molecule has 112 heavy (non-hydrogen) atoms. The van der Waals surface area contributed by atoms with Crippen LogP contribution in [0, 0.1) is 41.5 Å². The summed E-state index contributed by atoms with van der Waals surface area (Å²) in [7, 11) is -31.4. The first kappa shape index (κ1) is 103. The number of hydrogen-bond donors (Lipinski definition) is 0. The molecule has 636 valence electrons. The molecule has 0 aromatic heterocycles. The predicted octanol–water partition coefficient (Wildman–Crippen LogP) is 26.6. The van der Waals surface area contributed by atoms with Crippen molar-refractivity contribution in [2.24, 2.45) is 0 Å². The molecule has 0 aliphatic carbocycles. The van der Waals surface area contributed by atoms with E-state index in [0.29, 0.717) is 31.0 Å². The Bertz CT molecular complexity index is 3500. The maximum Gasteiger partial charge on any atom is 0.442 e. The van der Waals surface area contributed by atoms with Gasteiger partial charge in [0.15, 0.2) is 14.9 Å². The first-order valence-electron chi connectivity index (χ1n) is 44.2. The smallest absolute Gasteiger partial charge is 0.406 e. The Morgan fingerprint density at radius 2 is 0.357 bits per heavy atom. The molecule has 0 spiro atoms. The Morgan fingerprint density at radius 1 is 0.214 bits per heavy atom. The van der Waals surface area contributed by atoms with Crippen molar-refractivity contribution in [2.45, 2.75) is 425 Å². The van der Waals surface area contributed by atoms with Crippen molar-refractivity contribution in [1.82, 2.24) is 0 Å². The molecule has 2 atom stereocenters. The van der Waals surface area contributed by atoms with Gasteiger partial charge in [0.25, 0.3) is 0 Å². The molecule has 22 heteroatoms. The highest BCUT2D eigenvalue weighted by Crippen LogP contribution is 2.53. The number of hydrogen-bond acceptors (Lipinski definition) is 4. The average molecular weight is 1800 g/mol. The van der Waals surface area contributed by atoms with Gasteiger partial charge in [0.05, 0.1) is 22.4 Å². The fourth-order valence-electron chi connectivity index (χ4n) is 25.7. The van der Waals surface area contributed by atoms with E-state index in [4.69, 9.17) is 18.6 Å². The summed E-state index contributed by atoms with van der Waals surface area (Å²) in [5, 5.41) is 10.7. The van der Waals surface area contributed by atoms with Gasteiger partial charge in [-0.2, -0.15) is 0 Å². The van der Waals surface area contributed by atoms with E-state index in [-0.39, 0.29) is 13.4 Å². The van der Waals surface area contributed by atoms with Gasteiger partial charge >= 0.3 is 13.4 Å². The van der Waals surface area contributed by atoms with Gasteiger partial charge in [-0.1, -0.05) is 400 Å². The van der Waals surface area contributed by atoms with Crippen LogP contribution in [0.4, 0.5) is 0 Å². The molecule has 4 nitrogen and oxygen atoms in total. The van der Waals surface area contributed by atoms with Gasteiger partial charge < -0.3 is 18.6 Å². The lowest BCUT2D eigenvalue weighted by Crippen LogP contribution is -2.84. The first-order chi connectivity index (χ1) is 48.9. The maximum atomic E-state index is 7.74. The fraction of sp³-hybridized carbons (Fsp3) is 0.733. The Morgan fingerprint density at radius 3 is 0.482 bits per heavy atom. The van der Waals surface area contributed by atoms with Crippen molar-refractivity contribution >= 4 is 161 Å². The quantitative estimate of drug-likeness (QED) is 0.0587. The summed E-state index contributed by atoms with van der Waals surface area (Å²) in [6.45, 7) is 146. The fourth-order valence-corrected chi connectivity index (χ4v) is 134. The predicted molar refractivity (Wildman–Crippen MR) is 560 cm³/mol. The van der Waals surface area contributed by atoms with Gasteiger partial charge in [-0.15, -0.1) is 0 Å². The highest BCUT2D eigenvalue weighted by atomic mass is 29.3. The normalized spacial score (nSPS) is 18.7. The highest BCUT2D eigenvalue weighted by Gasteiger charge is 2.72. The topological polar surface area (TPSA) is 36.9 Å². The van der Waals surface area contributed by atoms with Crippen LogP contribution in [0.1, 0.15) is 153 Å². The first-order valence-corrected chi connectivity index (χ1v) is 100. The molecule has 0 bridgehead atoms. The minimum absolute atomic E-state index is 0.264. The van der Waals surface area contributed by atoms with Gasteiger partial charge in [0.2, 0.25) is 0 Å². The minimum Gasteiger partial charge on any atom is -0.406 e. The molecule has 0 radical (unpaired) electrons. The lowest BCUT2D eigenvalue weighted by atomic mass is 9.90. The monoisotopic (exact) mass is 1800 g/mol. The molecule has 0 unspecified atom stereocenters. The summed E-state index contributed by atoms with van der Waals surface area (Å²) in [6, 6.07) is 21.8. The lowest BCUT2D eigenvalue weighted by Gasteiger charge is -2.52. The zero-order valence-corrected chi connectivity index (χ0v) is 101. The molecule has 2 heterocycles. The minimum atomic E-state index is -2.98. The van der Waals surface area contributed by atoms with E-state index in [0.717, 1.165) is 0 Å². The lowest BCUT2D eigenvalue weighted by molar-refractivity contribution is 0.00578. The SMILES string of the molecule is Cc1cc(C)c([Si@@](B2OC(C)(C)C(C)(C)O2)(c2c(C([Si](C)(C)C)[Si](C)(C)C)cc(C([Si](C)(C)C)[Si](C)(C)C)cc2C([Si](C)(C)C)[Si](C)(C)C)[Si](C)(C)C)c(C)c1.Cc1cc(C)c([Si@](B2OC(C)(C)C(C)(C)O2)(c2c(C([Si](C)(C)C)[Si](C)(C)C)cc(C([Si](C)(C)C)[Si](C)(C)C)cc2C([Si](C)(C)C)[Si](C)(C)C)[Si](C)(C)C)c(C)c1. The number of aryl methyl sites for hydroxylation is 6. The van der Waals surface area contributed by atoms with E-state index in [1.807, 2.05) is 10.4 Å². The molecule has 2 aliphatic rings. The second kappa shape index (κ2) is 32.5. The van der Waals surface area contributed by atoms with E-state index < -0.39 is 149 Å². The van der Waals surface area contributed by atoms with E-state index >= 15 is 0 Å². The maximum absolute atomic E-state index is 7.74. The Hall–Kier alpha value is 0.320. The van der Waals surface area contributed by atoms with Crippen LogP contribution in [0.5, 0.6) is 0 Å². The van der Waals surface area contributed by atoms with Crippen LogP contribution in [0.25, 0.3) is 0 Å². The van der Waals surface area contributed by atoms with Crippen LogP contribution in [-0.4, -0.2) is 163 Å². The van der Waals surface area contributed by atoms with Crippen LogP contribution in [0.2, 0.25) is 275 Å². The zero-order chi connectivity index (χ0) is 88.3. The Balaban J connectivity index is 0.000000400. The van der Waals surface area contributed by atoms with Crippen molar-refractivity contribution in [3.63, 3.8) is 0 Å². The second-order valence-corrected chi connectivity index (χ2v) is 150. The molecule has 4 aromatic rings. The summed E-state index contributed by atoms with van der Waals surface area (Å²) < 4.78 is 30.9. The van der Waals surface area contributed by atoms with Crippen LogP contribution in [-0.2, 0) is 18.6 Å². The van der Waals surface area contributed by atoms with Crippen LogP contribution >= 0.6 is 0 Å². The molecular weight excluding hydrogens is 1620 g/mol. The highest BCUT2D eigenvalue weighted by molar-refractivity contribution is 7.72. The van der Waals surface area contributed by atoms with Crippen molar-refractivity contribution in [3.8, 4) is 0 Å². The van der Waals surface area contributed by atoms with Gasteiger partial charge in [0.1, 0.15) is 0 Å². The third kappa shape index (κ3) is 20.7. The van der Waals surface area contributed by atoms with Gasteiger partial charge in [-0.25, -0.2) is 0 Å². The summed E-state index contributed by atoms with van der Waals surface area (Å²) in [5.74, 6) is 0.